The molecule has 0 amide bonds. The molecule has 17 heavy (non-hydrogen) atoms. The molecule has 0 fully saturated rings. The fraction of sp³-hybridized carbons (Fsp3) is 0.500. The number of hydrogen-bond acceptors (Lipinski definition) is 3. The summed E-state index contributed by atoms with van der Waals surface area (Å²) in [5.41, 5.74) is 7.77. The van der Waals surface area contributed by atoms with Crippen molar-refractivity contribution in [3.05, 3.63) is 38.4 Å². The normalized spacial score (nSPS) is 12.5. The SMILES string of the molecule is CCCC(N)Cc1cc(Cl)c([N+](=O)[O-])cc1C. The summed E-state index contributed by atoms with van der Waals surface area (Å²) in [5.74, 6) is 0. The van der Waals surface area contributed by atoms with Crippen LogP contribution in [0.3, 0.4) is 0 Å². The third-order valence-corrected chi connectivity index (χ3v) is 3.05. The van der Waals surface area contributed by atoms with Crippen molar-refractivity contribution in [3.8, 4) is 0 Å². The van der Waals surface area contributed by atoms with Gasteiger partial charge in [-0.2, -0.15) is 0 Å². The van der Waals surface area contributed by atoms with Crippen LogP contribution < -0.4 is 5.73 Å². The van der Waals surface area contributed by atoms with E-state index in [-0.39, 0.29) is 16.8 Å². The average Bonchev–Trinajstić information content (AvgIpc) is 2.22. The quantitative estimate of drug-likeness (QED) is 0.650. The second-order valence-electron chi connectivity index (χ2n) is 4.24. The lowest BCUT2D eigenvalue weighted by Crippen LogP contribution is -2.22. The van der Waals surface area contributed by atoms with Crippen molar-refractivity contribution in [1.82, 2.24) is 0 Å². The summed E-state index contributed by atoms with van der Waals surface area (Å²) in [5, 5.41) is 10.9. The van der Waals surface area contributed by atoms with Crippen LogP contribution in [0.2, 0.25) is 5.02 Å². The van der Waals surface area contributed by atoms with Crippen molar-refractivity contribution in [2.24, 2.45) is 5.73 Å². The second kappa shape index (κ2) is 5.98. The standard InChI is InChI=1S/C12H17ClN2O2/c1-3-4-10(14)6-9-7-11(13)12(15(16)17)5-8(9)2/h5,7,10H,3-4,6,14H2,1-2H3. The highest BCUT2D eigenvalue weighted by molar-refractivity contribution is 6.32. The number of halogens is 1. The van der Waals surface area contributed by atoms with E-state index in [2.05, 4.69) is 6.92 Å². The van der Waals surface area contributed by atoms with E-state index >= 15 is 0 Å². The zero-order chi connectivity index (χ0) is 13.0. The monoisotopic (exact) mass is 256 g/mol. The van der Waals surface area contributed by atoms with Crippen molar-refractivity contribution in [2.45, 2.75) is 39.2 Å². The minimum absolute atomic E-state index is 0.0445. The summed E-state index contributed by atoms with van der Waals surface area (Å²) < 4.78 is 0. The van der Waals surface area contributed by atoms with Crippen molar-refractivity contribution in [3.63, 3.8) is 0 Å². The summed E-state index contributed by atoms with van der Waals surface area (Å²) in [6.45, 7) is 3.92. The van der Waals surface area contributed by atoms with Crippen molar-refractivity contribution >= 4 is 17.3 Å². The van der Waals surface area contributed by atoms with E-state index in [1.165, 1.54) is 6.07 Å². The lowest BCUT2D eigenvalue weighted by molar-refractivity contribution is -0.384. The Labute approximate surface area is 106 Å². The average molecular weight is 257 g/mol. The van der Waals surface area contributed by atoms with Gasteiger partial charge in [0.1, 0.15) is 5.02 Å². The van der Waals surface area contributed by atoms with Gasteiger partial charge in [0.25, 0.3) is 5.69 Å². The first-order valence-electron chi connectivity index (χ1n) is 5.64. The molecule has 1 aromatic rings. The molecule has 0 aromatic heterocycles. The van der Waals surface area contributed by atoms with Gasteiger partial charge in [-0.15, -0.1) is 0 Å². The molecule has 0 radical (unpaired) electrons. The molecule has 0 aliphatic carbocycles. The van der Waals surface area contributed by atoms with Crippen LogP contribution in [-0.2, 0) is 6.42 Å². The van der Waals surface area contributed by atoms with Crippen LogP contribution in [0.15, 0.2) is 12.1 Å². The Morgan fingerprint density at radius 3 is 2.71 bits per heavy atom. The number of aryl methyl sites for hydroxylation is 1. The Morgan fingerprint density at radius 2 is 2.18 bits per heavy atom. The largest absolute Gasteiger partial charge is 0.327 e. The maximum Gasteiger partial charge on any atom is 0.288 e. The first-order chi connectivity index (χ1) is 7.95. The lowest BCUT2D eigenvalue weighted by Gasteiger charge is -2.12. The van der Waals surface area contributed by atoms with Crippen LogP contribution in [-0.4, -0.2) is 11.0 Å². The number of benzene rings is 1. The number of nitrogens with zero attached hydrogens (tertiary/aromatic N) is 1. The molecule has 94 valence electrons. The number of hydrogen-bond donors (Lipinski definition) is 1. The van der Waals surface area contributed by atoms with E-state index in [0.717, 1.165) is 24.0 Å². The number of nitro benzene ring substituents is 1. The molecule has 4 nitrogen and oxygen atoms in total. The Morgan fingerprint density at radius 1 is 1.53 bits per heavy atom. The van der Waals surface area contributed by atoms with Gasteiger partial charge in [-0.3, -0.25) is 10.1 Å². The van der Waals surface area contributed by atoms with Crippen LogP contribution in [0.1, 0.15) is 30.9 Å². The molecule has 0 saturated carbocycles. The first kappa shape index (κ1) is 13.9. The van der Waals surface area contributed by atoms with Gasteiger partial charge in [0.15, 0.2) is 0 Å². The van der Waals surface area contributed by atoms with Gasteiger partial charge in [0.05, 0.1) is 4.92 Å². The minimum atomic E-state index is -0.467. The highest BCUT2D eigenvalue weighted by Gasteiger charge is 2.16. The van der Waals surface area contributed by atoms with Gasteiger partial charge in [-0.05, 0) is 37.0 Å². The Bertz CT molecular complexity index is 421. The van der Waals surface area contributed by atoms with E-state index in [1.807, 2.05) is 6.92 Å². The van der Waals surface area contributed by atoms with Crippen molar-refractivity contribution < 1.29 is 4.92 Å². The third-order valence-electron chi connectivity index (χ3n) is 2.74. The van der Waals surface area contributed by atoms with Crippen LogP contribution in [0.25, 0.3) is 0 Å². The molecule has 0 heterocycles. The number of nitrogens with two attached hydrogens (primary N) is 1. The molecule has 1 rings (SSSR count). The Hall–Kier alpha value is -1.13. The number of nitro groups is 1. The highest BCUT2D eigenvalue weighted by Crippen LogP contribution is 2.28. The third kappa shape index (κ3) is 3.68. The Balaban J connectivity index is 2.95. The molecule has 0 aliphatic heterocycles. The first-order valence-corrected chi connectivity index (χ1v) is 6.02. The van der Waals surface area contributed by atoms with Crippen molar-refractivity contribution in [1.29, 1.82) is 0 Å². The topological polar surface area (TPSA) is 69.2 Å². The number of rotatable bonds is 5. The van der Waals surface area contributed by atoms with Gasteiger partial charge in [-0.1, -0.05) is 24.9 Å². The molecule has 1 atom stereocenters. The molecule has 0 saturated heterocycles. The van der Waals surface area contributed by atoms with Gasteiger partial charge in [0.2, 0.25) is 0 Å². The molecule has 0 bridgehead atoms. The zero-order valence-corrected chi connectivity index (χ0v) is 10.8. The van der Waals surface area contributed by atoms with Crippen LogP contribution in [0, 0.1) is 17.0 Å². The highest BCUT2D eigenvalue weighted by atomic mass is 35.5. The zero-order valence-electron chi connectivity index (χ0n) is 10.1. The van der Waals surface area contributed by atoms with Gasteiger partial charge >= 0.3 is 0 Å². The van der Waals surface area contributed by atoms with Gasteiger partial charge < -0.3 is 5.73 Å². The van der Waals surface area contributed by atoms with E-state index in [9.17, 15) is 10.1 Å². The molecule has 0 aliphatic rings. The predicted octanol–water partition coefficient (Wildman–Crippen LogP) is 3.23. The predicted molar refractivity (Wildman–Crippen MR) is 69.4 cm³/mol. The summed E-state index contributed by atoms with van der Waals surface area (Å²) >= 11 is 5.87. The molecule has 0 spiro atoms. The molecule has 1 aromatic carbocycles. The van der Waals surface area contributed by atoms with Gasteiger partial charge in [0, 0.05) is 12.1 Å². The summed E-state index contributed by atoms with van der Waals surface area (Å²) in [6.07, 6.45) is 2.67. The fourth-order valence-corrected chi connectivity index (χ4v) is 2.08. The molecule has 2 N–H and O–H groups in total. The van der Waals surface area contributed by atoms with Crippen LogP contribution in [0.5, 0.6) is 0 Å². The summed E-state index contributed by atoms with van der Waals surface area (Å²) in [4.78, 5) is 10.2. The Kier molecular flexibility index (Phi) is 4.90. The smallest absolute Gasteiger partial charge is 0.288 e. The summed E-state index contributed by atoms with van der Waals surface area (Å²) in [7, 11) is 0. The van der Waals surface area contributed by atoms with Crippen LogP contribution in [0.4, 0.5) is 5.69 Å². The van der Waals surface area contributed by atoms with E-state index < -0.39 is 4.92 Å². The van der Waals surface area contributed by atoms with E-state index in [0.29, 0.717) is 6.42 Å². The minimum Gasteiger partial charge on any atom is -0.327 e. The molecular formula is C12H17ClN2O2. The van der Waals surface area contributed by atoms with E-state index in [4.69, 9.17) is 17.3 Å². The second-order valence-corrected chi connectivity index (χ2v) is 4.65. The van der Waals surface area contributed by atoms with E-state index in [1.54, 1.807) is 6.07 Å². The lowest BCUT2D eigenvalue weighted by atomic mass is 9.98. The molecule has 5 heteroatoms. The maximum absolute atomic E-state index is 10.7. The summed E-state index contributed by atoms with van der Waals surface area (Å²) in [6, 6.07) is 3.25. The molecule has 1 unspecified atom stereocenters. The fourth-order valence-electron chi connectivity index (χ4n) is 1.82. The maximum atomic E-state index is 10.7. The van der Waals surface area contributed by atoms with Crippen molar-refractivity contribution in [2.75, 3.05) is 0 Å². The van der Waals surface area contributed by atoms with Gasteiger partial charge in [-0.25, -0.2) is 0 Å². The van der Waals surface area contributed by atoms with Crippen LogP contribution >= 0.6 is 11.6 Å². The molecular weight excluding hydrogens is 240 g/mol.